The van der Waals surface area contributed by atoms with Crippen LogP contribution in [-0.4, -0.2) is 26.2 Å². The Bertz CT molecular complexity index is 668. The number of benzene rings is 2. The lowest BCUT2D eigenvalue weighted by Gasteiger charge is -2.03. The number of carbonyl (C=O) groups is 2. The molecule has 0 radical (unpaired) electrons. The average molecular weight is 379 g/mol. The number of hydrogen-bond donors (Lipinski definition) is 0. The summed E-state index contributed by atoms with van der Waals surface area (Å²) in [6.45, 7) is 1.88. The highest BCUT2D eigenvalue weighted by Crippen LogP contribution is 2.13. The fraction of sp³-hybridized carbons (Fsp3) is 0.222. The van der Waals surface area contributed by atoms with E-state index in [-0.39, 0.29) is 11.9 Å². The molecule has 0 aliphatic carbocycles. The van der Waals surface area contributed by atoms with Gasteiger partial charge < -0.3 is 9.47 Å². The maximum Gasteiger partial charge on any atom is 0.338 e. The number of halogens is 1. The molecule has 4 nitrogen and oxygen atoms in total. The number of aryl methyl sites for hydroxylation is 1. The van der Waals surface area contributed by atoms with Crippen LogP contribution in [0, 0.1) is 6.92 Å². The Morgan fingerprint density at radius 1 is 0.870 bits per heavy atom. The van der Waals surface area contributed by atoms with E-state index in [1.165, 1.54) is 14.2 Å². The largest absolute Gasteiger partial charge is 0.465 e. The Kier molecular flexibility index (Phi) is 8.05. The normalized spacial score (nSPS) is 9.39. The quantitative estimate of drug-likeness (QED) is 0.594. The molecule has 0 amide bonds. The van der Waals surface area contributed by atoms with Crippen LogP contribution in [0.3, 0.4) is 0 Å². The number of carbonyl (C=O) groups excluding carboxylic acids is 2. The first-order valence-corrected chi connectivity index (χ1v) is 8.03. The topological polar surface area (TPSA) is 52.6 Å². The average Bonchev–Trinajstić information content (AvgIpc) is 2.61. The molecule has 0 saturated heterocycles. The van der Waals surface area contributed by atoms with Crippen molar-refractivity contribution < 1.29 is 19.1 Å². The second kappa shape index (κ2) is 9.79. The van der Waals surface area contributed by atoms with Gasteiger partial charge in [-0.3, -0.25) is 0 Å². The lowest BCUT2D eigenvalue weighted by molar-refractivity contribution is 0.0591. The Hall–Kier alpha value is -2.14. The third-order valence-electron chi connectivity index (χ3n) is 3.12. The van der Waals surface area contributed by atoms with Crippen LogP contribution < -0.4 is 0 Å². The minimum absolute atomic E-state index is 0.275. The Labute approximate surface area is 144 Å². The molecule has 122 valence electrons. The standard InChI is InChI=1S/C9H9BrO2.C9H10O2/c1-12-9(11)8-5-3-2-4-7(8)6-10;1-7-5-3-4-6-8(7)9(10)11-2/h2-5H,6H2,1H3;3-6H,1-2H3. The minimum Gasteiger partial charge on any atom is -0.465 e. The number of rotatable bonds is 3. The summed E-state index contributed by atoms with van der Waals surface area (Å²) in [6.07, 6.45) is 0. The molecule has 0 unspecified atom stereocenters. The number of methoxy groups -OCH3 is 2. The monoisotopic (exact) mass is 378 g/mol. The fourth-order valence-electron chi connectivity index (χ4n) is 1.86. The molecule has 23 heavy (non-hydrogen) atoms. The van der Waals surface area contributed by atoms with Crippen LogP contribution in [0.15, 0.2) is 48.5 Å². The predicted molar refractivity (Wildman–Crippen MR) is 92.9 cm³/mol. The summed E-state index contributed by atoms with van der Waals surface area (Å²) in [5.41, 5.74) is 3.15. The van der Waals surface area contributed by atoms with Crippen LogP contribution in [0.25, 0.3) is 0 Å². The summed E-state index contributed by atoms with van der Waals surface area (Å²) in [7, 11) is 2.77. The van der Waals surface area contributed by atoms with Crippen molar-refractivity contribution >= 4 is 27.9 Å². The van der Waals surface area contributed by atoms with Crippen LogP contribution >= 0.6 is 15.9 Å². The van der Waals surface area contributed by atoms with Crippen molar-refractivity contribution in [2.45, 2.75) is 12.3 Å². The van der Waals surface area contributed by atoms with Gasteiger partial charge in [0.15, 0.2) is 0 Å². The second-order valence-corrected chi connectivity index (χ2v) is 5.15. The molecule has 2 aromatic carbocycles. The molecule has 0 heterocycles. The van der Waals surface area contributed by atoms with Crippen LogP contribution in [-0.2, 0) is 14.8 Å². The molecule has 2 aromatic rings. The highest BCUT2D eigenvalue weighted by Gasteiger charge is 2.08. The van der Waals surface area contributed by atoms with E-state index < -0.39 is 0 Å². The highest BCUT2D eigenvalue weighted by atomic mass is 79.9. The second-order valence-electron chi connectivity index (χ2n) is 4.59. The van der Waals surface area contributed by atoms with Gasteiger partial charge >= 0.3 is 11.9 Å². The van der Waals surface area contributed by atoms with Crippen molar-refractivity contribution in [2.75, 3.05) is 14.2 Å². The van der Waals surface area contributed by atoms with Crippen molar-refractivity contribution in [3.63, 3.8) is 0 Å². The summed E-state index contributed by atoms with van der Waals surface area (Å²) < 4.78 is 9.20. The molecule has 0 aliphatic rings. The summed E-state index contributed by atoms with van der Waals surface area (Å²) in [4.78, 5) is 22.2. The van der Waals surface area contributed by atoms with Gasteiger partial charge in [-0.2, -0.15) is 0 Å². The minimum atomic E-state index is -0.287. The summed E-state index contributed by atoms with van der Waals surface area (Å²) >= 11 is 3.30. The van der Waals surface area contributed by atoms with Gasteiger partial charge in [-0.1, -0.05) is 52.3 Å². The predicted octanol–water partition coefficient (Wildman–Crippen LogP) is 4.15. The van der Waals surface area contributed by atoms with Crippen molar-refractivity contribution in [1.29, 1.82) is 0 Å². The fourth-order valence-corrected chi connectivity index (χ4v) is 2.35. The third-order valence-corrected chi connectivity index (χ3v) is 3.72. The molecule has 0 fully saturated rings. The molecule has 0 saturated carbocycles. The van der Waals surface area contributed by atoms with Gasteiger partial charge in [0.05, 0.1) is 25.3 Å². The van der Waals surface area contributed by atoms with Gasteiger partial charge in [-0.15, -0.1) is 0 Å². The zero-order valence-electron chi connectivity index (χ0n) is 13.3. The first-order chi connectivity index (χ1) is 11.0. The van der Waals surface area contributed by atoms with E-state index in [2.05, 4.69) is 25.4 Å². The van der Waals surface area contributed by atoms with Gasteiger partial charge in [-0.05, 0) is 30.2 Å². The van der Waals surface area contributed by atoms with Gasteiger partial charge in [0.1, 0.15) is 0 Å². The van der Waals surface area contributed by atoms with Crippen molar-refractivity contribution in [1.82, 2.24) is 0 Å². The van der Waals surface area contributed by atoms with E-state index >= 15 is 0 Å². The molecule has 2 rings (SSSR count). The van der Waals surface area contributed by atoms with Crippen LogP contribution in [0.1, 0.15) is 31.8 Å². The lowest BCUT2D eigenvalue weighted by atomic mass is 10.1. The lowest BCUT2D eigenvalue weighted by Crippen LogP contribution is -2.04. The first kappa shape index (κ1) is 18.9. The van der Waals surface area contributed by atoms with Gasteiger partial charge in [0, 0.05) is 5.33 Å². The number of ether oxygens (including phenoxy) is 2. The van der Waals surface area contributed by atoms with Crippen molar-refractivity contribution in [3.8, 4) is 0 Å². The molecule has 0 N–H and O–H groups in total. The maximum atomic E-state index is 11.2. The number of hydrogen-bond acceptors (Lipinski definition) is 4. The molecular formula is C18H19BrO4. The van der Waals surface area contributed by atoms with Crippen molar-refractivity contribution in [3.05, 3.63) is 70.8 Å². The SMILES string of the molecule is COC(=O)c1ccccc1C.COC(=O)c1ccccc1CBr. The summed E-state index contributed by atoms with van der Waals surface area (Å²) in [5, 5.41) is 0.665. The smallest absolute Gasteiger partial charge is 0.338 e. The molecule has 0 aromatic heterocycles. The molecule has 0 atom stereocenters. The van der Waals surface area contributed by atoms with E-state index in [0.717, 1.165) is 11.1 Å². The van der Waals surface area contributed by atoms with E-state index in [1.807, 2.05) is 43.3 Å². The van der Waals surface area contributed by atoms with Crippen LogP contribution in [0.4, 0.5) is 0 Å². The van der Waals surface area contributed by atoms with Crippen LogP contribution in [0.2, 0.25) is 0 Å². The Morgan fingerprint density at radius 3 is 1.87 bits per heavy atom. The molecule has 0 spiro atoms. The highest BCUT2D eigenvalue weighted by molar-refractivity contribution is 9.08. The Balaban J connectivity index is 0.000000231. The van der Waals surface area contributed by atoms with E-state index in [4.69, 9.17) is 0 Å². The number of esters is 2. The molecule has 0 aliphatic heterocycles. The zero-order valence-corrected chi connectivity index (χ0v) is 14.9. The van der Waals surface area contributed by atoms with E-state index in [9.17, 15) is 9.59 Å². The Morgan fingerprint density at radius 2 is 1.35 bits per heavy atom. The maximum absolute atomic E-state index is 11.2. The summed E-state index contributed by atoms with van der Waals surface area (Å²) in [5.74, 6) is -0.562. The van der Waals surface area contributed by atoms with Gasteiger partial charge in [0.25, 0.3) is 0 Å². The zero-order chi connectivity index (χ0) is 17.2. The van der Waals surface area contributed by atoms with E-state index in [1.54, 1.807) is 12.1 Å². The van der Waals surface area contributed by atoms with Crippen molar-refractivity contribution in [2.24, 2.45) is 0 Å². The molecule has 0 bridgehead atoms. The van der Waals surface area contributed by atoms with E-state index in [0.29, 0.717) is 16.5 Å². The van der Waals surface area contributed by atoms with Gasteiger partial charge in [-0.25, -0.2) is 9.59 Å². The first-order valence-electron chi connectivity index (χ1n) is 6.91. The molecule has 5 heteroatoms. The molecular weight excluding hydrogens is 360 g/mol. The number of alkyl halides is 1. The third kappa shape index (κ3) is 5.53. The van der Waals surface area contributed by atoms with Crippen LogP contribution in [0.5, 0.6) is 0 Å². The summed E-state index contributed by atoms with van der Waals surface area (Å²) in [6, 6.07) is 14.7. The van der Waals surface area contributed by atoms with Gasteiger partial charge in [0.2, 0.25) is 0 Å².